The van der Waals surface area contributed by atoms with Crippen molar-refractivity contribution in [1.29, 1.82) is 5.26 Å². The van der Waals surface area contributed by atoms with Gasteiger partial charge in [0.15, 0.2) is 5.69 Å². The quantitative estimate of drug-likeness (QED) is 0.0405. The molecular formula is C36H38CoN10O10. The van der Waals surface area contributed by atoms with E-state index in [0.29, 0.717) is 12.8 Å². The third-order valence-electron chi connectivity index (χ3n) is 8.26. The summed E-state index contributed by atoms with van der Waals surface area (Å²) in [5.41, 5.74) is -2.17. The molecule has 2 aromatic carbocycles. The van der Waals surface area contributed by atoms with Crippen molar-refractivity contribution >= 4 is 39.8 Å². The van der Waals surface area contributed by atoms with Crippen molar-refractivity contribution in [3.8, 4) is 29.3 Å². The summed E-state index contributed by atoms with van der Waals surface area (Å²) in [7, 11) is 0. The van der Waals surface area contributed by atoms with Crippen LogP contribution in [0.15, 0.2) is 66.4 Å². The van der Waals surface area contributed by atoms with Crippen molar-refractivity contribution in [2.45, 2.75) is 79.3 Å². The van der Waals surface area contributed by atoms with Gasteiger partial charge in [-0.2, -0.15) is 5.26 Å². The number of nitro groups is 2. The molecule has 0 aliphatic rings. The minimum Gasteiger partial charge on any atom is -0.506 e. The number of phenolic OH excluding ortho intramolecular Hbond substituents is 2. The molecule has 4 N–H and O–H groups in total. The molecule has 0 bridgehead atoms. The molecule has 2 aromatic heterocycles. The van der Waals surface area contributed by atoms with E-state index in [4.69, 9.17) is 6.57 Å². The van der Waals surface area contributed by atoms with E-state index in [1.165, 1.54) is 0 Å². The number of aromatic nitrogens is 2. The van der Waals surface area contributed by atoms with Gasteiger partial charge in [-0.1, -0.05) is 40.5 Å². The van der Waals surface area contributed by atoms with Gasteiger partial charge >= 0.3 is 0 Å². The molecule has 0 fully saturated rings. The Morgan fingerprint density at radius 3 is 1.53 bits per heavy atom. The summed E-state index contributed by atoms with van der Waals surface area (Å²) < 4.78 is 2.13. The van der Waals surface area contributed by atoms with Crippen LogP contribution in [0.2, 0.25) is 0 Å². The molecule has 2 heterocycles. The van der Waals surface area contributed by atoms with E-state index in [2.05, 4.69) is 25.3 Å². The SMILES string of the molecule is CCCCn1c(O)c(N=Nc2cc([N+](=O)[O-])ccc2O)c(CC)c(C#N)c1=O.[C-]#[N+]c1c(CC)c(N=Nc2cc([N+](=O)[O-])ccc2O)c(O)n(CCCC)c1=O.[Co]. The molecule has 0 aliphatic heterocycles. The molecule has 0 saturated carbocycles. The smallest absolute Gasteiger partial charge is 0.271 e. The van der Waals surface area contributed by atoms with Crippen LogP contribution in [0.5, 0.6) is 23.3 Å². The summed E-state index contributed by atoms with van der Waals surface area (Å²) in [6.45, 7) is 14.9. The van der Waals surface area contributed by atoms with Crippen LogP contribution in [-0.4, -0.2) is 39.4 Å². The molecule has 0 unspecified atom stereocenters. The molecule has 4 aromatic rings. The third-order valence-corrected chi connectivity index (χ3v) is 8.26. The molecule has 301 valence electrons. The van der Waals surface area contributed by atoms with Gasteiger partial charge in [-0.3, -0.25) is 39.0 Å². The Hall–Kier alpha value is -6.97. The van der Waals surface area contributed by atoms with E-state index in [1.807, 2.05) is 19.9 Å². The van der Waals surface area contributed by atoms with E-state index in [9.17, 15) is 55.5 Å². The number of hydrogen-bond donors (Lipinski definition) is 4. The number of nitrogens with zero attached hydrogens (tertiary/aromatic N) is 10. The molecule has 0 aliphatic carbocycles. The molecule has 57 heavy (non-hydrogen) atoms. The zero-order chi connectivity index (χ0) is 41.7. The van der Waals surface area contributed by atoms with Gasteiger partial charge < -0.3 is 20.4 Å². The summed E-state index contributed by atoms with van der Waals surface area (Å²) in [5.74, 6) is -1.55. The topological polar surface area (TPSA) is 289 Å². The summed E-state index contributed by atoms with van der Waals surface area (Å²) in [6, 6.07) is 8.36. The number of rotatable bonds is 14. The number of aromatic hydroxyl groups is 4. The molecule has 0 spiro atoms. The first-order valence-electron chi connectivity index (χ1n) is 17.2. The van der Waals surface area contributed by atoms with E-state index in [-0.39, 0.29) is 111 Å². The zero-order valence-corrected chi connectivity index (χ0v) is 32.2. The molecule has 0 amide bonds. The first-order valence-corrected chi connectivity index (χ1v) is 17.2. The van der Waals surface area contributed by atoms with Gasteiger partial charge in [-0.15, -0.1) is 20.5 Å². The summed E-state index contributed by atoms with van der Waals surface area (Å²) >= 11 is 0. The fraction of sp³-hybridized carbons (Fsp3) is 0.333. The fourth-order valence-electron chi connectivity index (χ4n) is 5.26. The van der Waals surface area contributed by atoms with E-state index >= 15 is 0 Å². The van der Waals surface area contributed by atoms with Gasteiger partial charge in [0.25, 0.3) is 28.2 Å². The molecule has 4 rings (SSSR count). The summed E-state index contributed by atoms with van der Waals surface area (Å²) in [6.07, 6.45) is 3.22. The number of non-ortho nitro benzene ring substituents is 2. The van der Waals surface area contributed by atoms with E-state index < -0.39 is 32.7 Å². The third kappa shape index (κ3) is 10.6. The Balaban J connectivity index is 0.000000387. The van der Waals surface area contributed by atoms with Crippen LogP contribution in [0, 0.1) is 38.1 Å². The average molecular weight is 830 g/mol. The number of nitro benzene ring substituents is 2. The molecular weight excluding hydrogens is 791 g/mol. The predicted octanol–water partition coefficient (Wildman–Crippen LogP) is 8.31. The van der Waals surface area contributed by atoms with Gasteiger partial charge in [0.1, 0.15) is 40.2 Å². The van der Waals surface area contributed by atoms with Crippen molar-refractivity contribution in [2.24, 2.45) is 20.5 Å². The molecule has 0 atom stereocenters. The minimum absolute atomic E-state index is 0. The number of hydrogen-bond acceptors (Lipinski definition) is 15. The second kappa shape index (κ2) is 21.2. The summed E-state index contributed by atoms with van der Waals surface area (Å²) in [5, 5.41) is 87.4. The van der Waals surface area contributed by atoms with Crippen molar-refractivity contribution < 1.29 is 47.1 Å². The second-order valence-corrected chi connectivity index (χ2v) is 11.8. The standard InChI is InChI=1S/2C18H19N5O5.Co/c1-4-6-9-22-17(25)15(19-3)12(5-2)16(18(22)26)21-20-13-10-11(23(27)28)7-8-14(13)24;1-3-5-8-22-17(25)13(10-19)12(4-2)16(18(22)26)21-20-14-9-11(23(27)28)6-7-15(14)24;/h7-8,10,24,26H,4-6,9H2,1-2H3;6-7,9,24,26H,3-5,8H2,1-2H3;. The molecule has 21 heteroatoms. The van der Waals surface area contributed by atoms with Crippen LogP contribution in [0.25, 0.3) is 4.85 Å². The minimum atomic E-state index is -0.647. The number of pyridine rings is 2. The Kier molecular flexibility index (Phi) is 17.2. The van der Waals surface area contributed by atoms with Gasteiger partial charge in [-0.25, -0.2) is 4.85 Å². The first-order chi connectivity index (χ1) is 26.7. The van der Waals surface area contributed by atoms with Crippen molar-refractivity contribution in [2.75, 3.05) is 0 Å². The van der Waals surface area contributed by atoms with Crippen LogP contribution < -0.4 is 11.1 Å². The van der Waals surface area contributed by atoms with Crippen LogP contribution in [0.1, 0.15) is 70.1 Å². The zero-order valence-electron chi connectivity index (χ0n) is 31.2. The van der Waals surface area contributed by atoms with Crippen LogP contribution >= 0.6 is 0 Å². The van der Waals surface area contributed by atoms with Gasteiger partial charge in [-0.05, 0) is 43.4 Å². The first kappa shape index (κ1) is 46.2. The average Bonchev–Trinajstić information content (AvgIpc) is 3.17. The van der Waals surface area contributed by atoms with Crippen LogP contribution in [-0.2, 0) is 42.7 Å². The number of benzene rings is 2. The summed E-state index contributed by atoms with van der Waals surface area (Å²) in [4.78, 5) is 48.8. The monoisotopic (exact) mass is 829 g/mol. The number of azo groups is 2. The predicted molar refractivity (Wildman–Crippen MR) is 202 cm³/mol. The number of phenols is 2. The Morgan fingerprint density at radius 2 is 1.16 bits per heavy atom. The number of unbranched alkanes of at least 4 members (excludes halogenated alkanes) is 2. The van der Waals surface area contributed by atoms with Crippen LogP contribution in [0.4, 0.5) is 39.8 Å². The molecule has 0 saturated heterocycles. The largest absolute Gasteiger partial charge is 0.506 e. The van der Waals surface area contributed by atoms with Crippen molar-refractivity contribution in [3.63, 3.8) is 0 Å². The Labute approximate surface area is 335 Å². The maximum Gasteiger partial charge on any atom is 0.271 e. The maximum absolute atomic E-state index is 12.5. The second-order valence-electron chi connectivity index (χ2n) is 11.8. The van der Waals surface area contributed by atoms with Gasteiger partial charge in [0.05, 0.1) is 16.4 Å². The van der Waals surface area contributed by atoms with E-state index in [0.717, 1.165) is 58.4 Å². The fourth-order valence-corrected chi connectivity index (χ4v) is 5.26. The Morgan fingerprint density at radius 1 is 0.737 bits per heavy atom. The van der Waals surface area contributed by atoms with Crippen molar-refractivity contribution in [3.05, 3.63) is 105 Å². The molecule has 20 nitrogen and oxygen atoms in total. The number of nitriles is 1. The van der Waals surface area contributed by atoms with E-state index in [1.54, 1.807) is 13.8 Å². The van der Waals surface area contributed by atoms with Crippen molar-refractivity contribution in [1.82, 2.24) is 9.13 Å². The van der Waals surface area contributed by atoms with Crippen LogP contribution in [0.3, 0.4) is 0 Å². The Bertz CT molecular complexity index is 2250. The maximum atomic E-state index is 12.5. The normalized spacial score (nSPS) is 10.7. The van der Waals surface area contributed by atoms with Gasteiger partial charge in [0.2, 0.25) is 11.8 Å². The molecule has 1 radical (unpaired) electrons. The van der Waals surface area contributed by atoms with Gasteiger partial charge in [0, 0.05) is 59.7 Å².